The van der Waals surface area contributed by atoms with Crippen molar-refractivity contribution in [1.82, 2.24) is 0 Å². The highest BCUT2D eigenvalue weighted by atomic mass is 16.7. The van der Waals surface area contributed by atoms with Gasteiger partial charge in [0.25, 0.3) is 0 Å². The van der Waals surface area contributed by atoms with Crippen molar-refractivity contribution in [2.75, 3.05) is 20.3 Å². The van der Waals surface area contributed by atoms with Gasteiger partial charge < -0.3 is 40.4 Å². The van der Waals surface area contributed by atoms with E-state index in [-0.39, 0.29) is 6.61 Å². The first-order valence-corrected chi connectivity index (χ1v) is 6.04. The van der Waals surface area contributed by atoms with Crippen molar-refractivity contribution in [2.24, 2.45) is 5.73 Å². The summed E-state index contributed by atoms with van der Waals surface area (Å²) in [6.07, 6.45) is -5.83. The second-order valence-corrected chi connectivity index (χ2v) is 4.25. The van der Waals surface area contributed by atoms with Crippen LogP contribution in [-0.4, -0.2) is 77.7 Å². The fourth-order valence-electron chi connectivity index (χ4n) is 1.39. The van der Waals surface area contributed by atoms with Gasteiger partial charge in [-0.3, -0.25) is 0 Å². The summed E-state index contributed by atoms with van der Waals surface area (Å²) in [5, 5.41) is 36.8. The number of aliphatic hydroxyl groups is 4. The van der Waals surface area contributed by atoms with Crippen LogP contribution in [-0.2, 0) is 14.2 Å². The van der Waals surface area contributed by atoms with Crippen molar-refractivity contribution in [3.63, 3.8) is 0 Å². The standard InChI is InChI=1S/C11H25NO7/c1-6(15)8(4-13)19-11(10(12)16)18-7(2)9(5-14)17-3/h6-11,13-16H,4-5,12H2,1-3H3/t6?,7?,8?,9?,10-,11?/m0/s1. The summed E-state index contributed by atoms with van der Waals surface area (Å²) < 4.78 is 15.5. The maximum absolute atomic E-state index is 9.38. The molecule has 0 radical (unpaired) electrons. The van der Waals surface area contributed by atoms with Gasteiger partial charge in [0.1, 0.15) is 12.2 Å². The molecule has 0 aliphatic heterocycles. The van der Waals surface area contributed by atoms with E-state index in [1.165, 1.54) is 14.0 Å². The molecule has 0 fully saturated rings. The van der Waals surface area contributed by atoms with Crippen molar-refractivity contribution in [3.8, 4) is 0 Å². The Labute approximate surface area is 112 Å². The molecule has 0 spiro atoms. The van der Waals surface area contributed by atoms with Crippen LogP contribution in [0, 0.1) is 0 Å². The molecule has 0 amide bonds. The minimum absolute atomic E-state index is 0.273. The van der Waals surface area contributed by atoms with E-state index in [4.69, 9.17) is 30.2 Å². The molecule has 19 heavy (non-hydrogen) atoms. The summed E-state index contributed by atoms with van der Waals surface area (Å²) >= 11 is 0. The molecular formula is C11H25NO7. The predicted molar refractivity (Wildman–Crippen MR) is 66.1 cm³/mol. The van der Waals surface area contributed by atoms with Crippen LogP contribution >= 0.6 is 0 Å². The highest BCUT2D eigenvalue weighted by molar-refractivity contribution is 4.69. The Hall–Kier alpha value is -0.320. The second kappa shape index (κ2) is 9.56. The lowest BCUT2D eigenvalue weighted by Gasteiger charge is -2.31. The van der Waals surface area contributed by atoms with Gasteiger partial charge in [-0.1, -0.05) is 0 Å². The maximum Gasteiger partial charge on any atom is 0.197 e. The second-order valence-electron chi connectivity index (χ2n) is 4.25. The summed E-state index contributed by atoms with van der Waals surface area (Å²) in [5.41, 5.74) is 5.31. The Kier molecular flexibility index (Phi) is 9.40. The van der Waals surface area contributed by atoms with Gasteiger partial charge in [-0.25, -0.2) is 0 Å². The number of ether oxygens (including phenoxy) is 3. The Morgan fingerprint density at radius 2 is 1.53 bits per heavy atom. The Morgan fingerprint density at radius 3 is 1.84 bits per heavy atom. The zero-order valence-corrected chi connectivity index (χ0v) is 11.5. The lowest BCUT2D eigenvalue weighted by Crippen LogP contribution is -2.47. The van der Waals surface area contributed by atoms with Gasteiger partial charge >= 0.3 is 0 Å². The third-order valence-corrected chi connectivity index (χ3v) is 2.66. The minimum Gasteiger partial charge on any atom is -0.394 e. The summed E-state index contributed by atoms with van der Waals surface area (Å²) in [5.74, 6) is 0. The maximum atomic E-state index is 9.38. The number of hydrogen-bond donors (Lipinski definition) is 5. The van der Waals surface area contributed by atoms with E-state index in [9.17, 15) is 10.2 Å². The molecule has 0 rings (SSSR count). The van der Waals surface area contributed by atoms with Gasteiger partial charge in [0.15, 0.2) is 12.5 Å². The third-order valence-electron chi connectivity index (χ3n) is 2.66. The molecule has 0 aromatic heterocycles. The highest BCUT2D eigenvalue weighted by Crippen LogP contribution is 2.12. The molecule has 0 heterocycles. The molecular weight excluding hydrogens is 258 g/mol. The Morgan fingerprint density at radius 1 is 1.00 bits per heavy atom. The average molecular weight is 283 g/mol. The molecule has 6 N–H and O–H groups in total. The highest BCUT2D eigenvalue weighted by Gasteiger charge is 2.28. The van der Waals surface area contributed by atoms with E-state index < -0.39 is 43.5 Å². The van der Waals surface area contributed by atoms with Gasteiger partial charge in [-0.2, -0.15) is 0 Å². The zero-order valence-electron chi connectivity index (χ0n) is 11.5. The largest absolute Gasteiger partial charge is 0.394 e. The molecule has 0 aliphatic rings. The smallest absolute Gasteiger partial charge is 0.197 e. The van der Waals surface area contributed by atoms with Crippen molar-refractivity contribution in [2.45, 2.75) is 50.8 Å². The van der Waals surface area contributed by atoms with Crippen LogP contribution in [0.5, 0.6) is 0 Å². The van der Waals surface area contributed by atoms with Crippen LogP contribution in [0.2, 0.25) is 0 Å². The topological polar surface area (TPSA) is 135 Å². The lowest BCUT2D eigenvalue weighted by molar-refractivity contribution is -0.261. The summed E-state index contributed by atoms with van der Waals surface area (Å²) in [7, 11) is 1.40. The molecule has 5 unspecified atom stereocenters. The number of rotatable bonds is 10. The summed E-state index contributed by atoms with van der Waals surface area (Å²) in [6.45, 7) is 2.31. The van der Waals surface area contributed by atoms with Crippen LogP contribution < -0.4 is 5.73 Å². The normalized spacial score (nSPS) is 21.5. The van der Waals surface area contributed by atoms with Crippen molar-refractivity contribution in [1.29, 1.82) is 0 Å². The molecule has 0 aromatic carbocycles. The van der Waals surface area contributed by atoms with E-state index in [2.05, 4.69) is 0 Å². The van der Waals surface area contributed by atoms with E-state index in [1.807, 2.05) is 0 Å². The molecule has 6 atom stereocenters. The molecule has 0 aromatic rings. The summed E-state index contributed by atoms with van der Waals surface area (Å²) in [4.78, 5) is 0. The van der Waals surface area contributed by atoms with Crippen molar-refractivity contribution < 1.29 is 34.6 Å². The number of methoxy groups -OCH3 is 1. The van der Waals surface area contributed by atoms with Gasteiger partial charge in [-0.05, 0) is 13.8 Å². The van der Waals surface area contributed by atoms with E-state index in [0.29, 0.717) is 0 Å². The number of nitrogens with two attached hydrogens (primary N) is 1. The van der Waals surface area contributed by atoms with E-state index in [1.54, 1.807) is 6.92 Å². The van der Waals surface area contributed by atoms with Crippen molar-refractivity contribution in [3.05, 3.63) is 0 Å². The molecule has 8 nitrogen and oxygen atoms in total. The zero-order chi connectivity index (χ0) is 15.0. The van der Waals surface area contributed by atoms with Crippen LogP contribution in [0.25, 0.3) is 0 Å². The van der Waals surface area contributed by atoms with Gasteiger partial charge in [-0.15, -0.1) is 0 Å². The molecule has 0 saturated heterocycles. The molecule has 116 valence electrons. The third kappa shape index (κ3) is 6.59. The number of aliphatic hydroxyl groups excluding tert-OH is 4. The predicted octanol–water partition coefficient (Wildman–Crippen LogP) is -2.24. The minimum atomic E-state index is -1.47. The fourth-order valence-corrected chi connectivity index (χ4v) is 1.39. The summed E-state index contributed by atoms with van der Waals surface area (Å²) in [6, 6.07) is 0. The van der Waals surface area contributed by atoms with E-state index in [0.717, 1.165) is 0 Å². The molecule has 8 heteroatoms. The van der Waals surface area contributed by atoms with Gasteiger partial charge in [0.05, 0.1) is 25.4 Å². The first kappa shape index (κ1) is 18.7. The first-order chi connectivity index (χ1) is 8.87. The van der Waals surface area contributed by atoms with Crippen LogP contribution in [0.4, 0.5) is 0 Å². The van der Waals surface area contributed by atoms with Crippen molar-refractivity contribution >= 4 is 0 Å². The first-order valence-electron chi connectivity index (χ1n) is 6.04. The van der Waals surface area contributed by atoms with Crippen LogP contribution in [0.15, 0.2) is 0 Å². The fraction of sp³-hybridized carbons (Fsp3) is 1.00. The number of hydrogen-bond acceptors (Lipinski definition) is 8. The Bertz CT molecular complexity index is 223. The lowest BCUT2D eigenvalue weighted by atomic mass is 10.2. The monoisotopic (exact) mass is 283 g/mol. The van der Waals surface area contributed by atoms with Crippen LogP contribution in [0.1, 0.15) is 13.8 Å². The molecule has 0 bridgehead atoms. The van der Waals surface area contributed by atoms with Crippen LogP contribution in [0.3, 0.4) is 0 Å². The molecule has 0 saturated carbocycles. The quantitative estimate of drug-likeness (QED) is 0.284. The SMILES string of the molecule is COC(CO)C(C)OC(OC(CO)C(C)O)[C@@H](N)O. The molecule has 0 aliphatic carbocycles. The van der Waals surface area contributed by atoms with Gasteiger partial charge in [0.2, 0.25) is 0 Å². The average Bonchev–Trinajstić information content (AvgIpc) is 2.34. The Balaban J connectivity index is 4.56. The van der Waals surface area contributed by atoms with Gasteiger partial charge in [0, 0.05) is 7.11 Å². The van der Waals surface area contributed by atoms with E-state index >= 15 is 0 Å².